The predicted octanol–water partition coefficient (Wildman–Crippen LogP) is 7.39. The third-order valence-electron chi connectivity index (χ3n) is 6.53. The van der Waals surface area contributed by atoms with E-state index in [-0.39, 0.29) is 12.1 Å². The monoisotopic (exact) mass is 424 g/mol. The number of carboxylic acids is 1. The Hall–Kier alpha value is -1.06. The summed E-state index contributed by atoms with van der Waals surface area (Å²) in [4.78, 5) is 24.3. The van der Waals surface area contributed by atoms with Crippen molar-refractivity contribution in [2.45, 2.75) is 130 Å². The number of aliphatic carboxylic acids is 1. The Labute approximate surface area is 185 Å². The molecule has 1 rings (SSSR count). The van der Waals surface area contributed by atoms with E-state index in [0.717, 1.165) is 50.9 Å². The van der Waals surface area contributed by atoms with E-state index in [9.17, 15) is 14.7 Å². The maximum Gasteiger partial charge on any atom is 0.310 e. The summed E-state index contributed by atoms with van der Waals surface area (Å²) in [5.74, 6) is -0.660. The van der Waals surface area contributed by atoms with Gasteiger partial charge >= 0.3 is 11.9 Å². The Kier molecular flexibility index (Phi) is 14.1. The molecule has 3 atom stereocenters. The van der Waals surface area contributed by atoms with Crippen molar-refractivity contribution in [3.8, 4) is 0 Å². The van der Waals surface area contributed by atoms with Crippen LogP contribution in [0.5, 0.6) is 0 Å². The van der Waals surface area contributed by atoms with Crippen LogP contribution in [0.25, 0.3) is 0 Å². The van der Waals surface area contributed by atoms with Crippen molar-refractivity contribution >= 4 is 11.9 Å². The molecule has 0 aromatic rings. The highest BCUT2D eigenvalue weighted by molar-refractivity contribution is 5.81. The zero-order chi connectivity index (χ0) is 22.4. The van der Waals surface area contributed by atoms with Gasteiger partial charge in [0.15, 0.2) is 0 Å². The Morgan fingerprint density at radius 1 is 0.733 bits per heavy atom. The summed E-state index contributed by atoms with van der Waals surface area (Å²) in [6.45, 7) is 9.01. The van der Waals surface area contributed by atoms with E-state index in [4.69, 9.17) is 4.74 Å². The second kappa shape index (κ2) is 15.7. The van der Waals surface area contributed by atoms with E-state index >= 15 is 0 Å². The normalized spacial score (nSPS) is 20.5. The van der Waals surface area contributed by atoms with Crippen molar-refractivity contribution in [1.29, 1.82) is 0 Å². The molecule has 176 valence electrons. The number of ether oxygens (including phenoxy) is 1. The molecule has 0 radical (unpaired) electrons. The number of carbonyl (C=O) groups excluding carboxylic acids is 1. The van der Waals surface area contributed by atoms with E-state index in [2.05, 4.69) is 27.7 Å². The van der Waals surface area contributed by atoms with Gasteiger partial charge in [-0.05, 0) is 50.4 Å². The highest BCUT2D eigenvalue weighted by Gasteiger charge is 2.37. The van der Waals surface area contributed by atoms with Gasteiger partial charge < -0.3 is 9.84 Å². The average molecular weight is 425 g/mol. The second-order valence-electron chi connectivity index (χ2n) is 10.3. The summed E-state index contributed by atoms with van der Waals surface area (Å²) in [6.07, 6.45) is 15.9. The minimum Gasteiger partial charge on any atom is -0.481 e. The van der Waals surface area contributed by atoms with Crippen molar-refractivity contribution in [1.82, 2.24) is 0 Å². The van der Waals surface area contributed by atoms with Crippen LogP contribution in [0.3, 0.4) is 0 Å². The lowest BCUT2D eigenvalue weighted by Crippen LogP contribution is -2.35. The number of hydrogen-bond acceptors (Lipinski definition) is 3. The van der Waals surface area contributed by atoms with E-state index in [1.165, 1.54) is 38.5 Å². The van der Waals surface area contributed by atoms with Crippen LogP contribution in [0, 0.1) is 23.7 Å². The molecule has 1 aliphatic carbocycles. The second-order valence-corrected chi connectivity index (χ2v) is 10.3. The maximum absolute atomic E-state index is 12.8. The summed E-state index contributed by atoms with van der Waals surface area (Å²) in [5, 5.41) is 9.48. The van der Waals surface area contributed by atoms with Crippen molar-refractivity contribution in [2.24, 2.45) is 23.7 Å². The molecule has 4 heteroatoms. The molecule has 1 N–H and O–H groups in total. The molecule has 1 fully saturated rings. The van der Waals surface area contributed by atoms with Crippen LogP contribution in [0.1, 0.15) is 124 Å². The Morgan fingerprint density at radius 3 is 1.77 bits per heavy atom. The fourth-order valence-corrected chi connectivity index (χ4v) is 4.61. The van der Waals surface area contributed by atoms with Gasteiger partial charge in [0.2, 0.25) is 0 Å². The van der Waals surface area contributed by atoms with Crippen LogP contribution in [-0.2, 0) is 14.3 Å². The Morgan fingerprint density at radius 2 is 1.20 bits per heavy atom. The molecule has 0 bridgehead atoms. The van der Waals surface area contributed by atoms with Crippen molar-refractivity contribution in [3.05, 3.63) is 0 Å². The van der Waals surface area contributed by atoms with E-state index < -0.39 is 17.8 Å². The highest BCUT2D eigenvalue weighted by Crippen LogP contribution is 2.32. The summed E-state index contributed by atoms with van der Waals surface area (Å²) < 4.78 is 5.92. The van der Waals surface area contributed by atoms with Gasteiger partial charge in [0.05, 0.1) is 11.8 Å². The van der Waals surface area contributed by atoms with Gasteiger partial charge in [-0.25, -0.2) is 0 Å². The molecule has 1 aliphatic rings. The van der Waals surface area contributed by atoms with Gasteiger partial charge in [-0.15, -0.1) is 0 Å². The van der Waals surface area contributed by atoms with Crippen LogP contribution < -0.4 is 0 Å². The van der Waals surface area contributed by atoms with Crippen LogP contribution in [0.4, 0.5) is 0 Å². The molecule has 30 heavy (non-hydrogen) atoms. The summed E-state index contributed by atoms with van der Waals surface area (Å²) >= 11 is 0. The number of rotatable bonds is 16. The lowest BCUT2D eigenvalue weighted by Gasteiger charge is -2.29. The summed E-state index contributed by atoms with van der Waals surface area (Å²) in [6, 6.07) is 0. The molecule has 3 unspecified atom stereocenters. The highest BCUT2D eigenvalue weighted by atomic mass is 16.5. The quantitative estimate of drug-likeness (QED) is 0.207. The average Bonchev–Trinajstić information content (AvgIpc) is 2.69. The fourth-order valence-electron chi connectivity index (χ4n) is 4.61. The van der Waals surface area contributed by atoms with Crippen molar-refractivity contribution < 1.29 is 19.4 Å². The molecule has 4 nitrogen and oxygen atoms in total. The first kappa shape index (κ1) is 27.0. The standard InChI is InChI=1S/C26H48O4/c1-20(2)14-9-7-5-6-8-10-16-22(17-13-15-21(3)4)30-26(29)24-19-12-11-18-23(24)25(27)28/h20-24H,5-19H2,1-4H3,(H,27,28). The number of unbranched alkanes of at least 4 members (excludes halogenated alkanes) is 5. The molecular weight excluding hydrogens is 376 g/mol. The third kappa shape index (κ3) is 12.0. The number of esters is 1. The van der Waals surface area contributed by atoms with Crippen LogP contribution in [0.2, 0.25) is 0 Å². The molecule has 0 aliphatic heterocycles. The molecule has 0 aromatic heterocycles. The van der Waals surface area contributed by atoms with Crippen LogP contribution in [0.15, 0.2) is 0 Å². The third-order valence-corrected chi connectivity index (χ3v) is 6.53. The molecule has 0 aromatic carbocycles. The molecule has 1 saturated carbocycles. The van der Waals surface area contributed by atoms with Crippen molar-refractivity contribution in [3.63, 3.8) is 0 Å². The Bertz CT molecular complexity index is 472. The molecule has 0 heterocycles. The summed E-state index contributed by atoms with van der Waals surface area (Å²) in [5.41, 5.74) is 0. The van der Waals surface area contributed by atoms with Gasteiger partial charge in [0, 0.05) is 0 Å². The number of carboxylic acid groups (broad SMARTS) is 1. The Balaban J connectivity index is 2.42. The first-order valence-electron chi connectivity index (χ1n) is 12.7. The van der Waals surface area contributed by atoms with E-state index in [1.807, 2.05) is 0 Å². The predicted molar refractivity (Wildman–Crippen MR) is 123 cm³/mol. The molecule has 0 saturated heterocycles. The minimum absolute atomic E-state index is 0.0476. The van der Waals surface area contributed by atoms with Crippen molar-refractivity contribution in [2.75, 3.05) is 0 Å². The van der Waals surface area contributed by atoms with E-state index in [0.29, 0.717) is 18.8 Å². The fraction of sp³-hybridized carbons (Fsp3) is 0.923. The zero-order valence-electron chi connectivity index (χ0n) is 20.2. The van der Waals surface area contributed by atoms with Gasteiger partial charge in [0.25, 0.3) is 0 Å². The first-order chi connectivity index (χ1) is 14.3. The van der Waals surface area contributed by atoms with Gasteiger partial charge in [-0.2, -0.15) is 0 Å². The number of hydrogen-bond donors (Lipinski definition) is 1. The SMILES string of the molecule is CC(C)CCCCCCCCC(CCCC(C)C)OC(=O)C1CCCCC1C(=O)O. The van der Waals surface area contributed by atoms with Crippen LogP contribution >= 0.6 is 0 Å². The lowest BCUT2D eigenvalue weighted by atomic mass is 9.79. The van der Waals surface area contributed by atoms with Gasteiger partial charge in [0.1, 0.15) is 6.10 Å². The minimum atomic E-state index is -0.842. The topological polar surface area (TPSA) is 63.6 Å². The smallest absolute Gasteiger partial charge is 0.310 e. The first-order valence-corrected chi connectivity index (χ1v) is 12.7. The van der Waals surface area contributed by atoms with Crippen LogP contribution in [-0.4, -0.2) is 23.1 Å². The molecule has 0 spiro atoms. The van der Waals surface area contributed by atoms with E-state index in [1.54, 1.807) is 0 Å². The van der Waals surface area contributed by atoms with Gasteiger partial charge in [-0.3, -0.25) is 9.59 Å². The summed E-state index contributed by atoms with van der Waals surface area (Å²) in [7, 11) is 0. The largest absolute Gasteiger partial charge is 0.481 e. The molecule has 0 amide bonds. The lowest BCUT2D eigenvalue weighted by molar-refractivity contribution is -0.164. The zero-order valence-corrected chi connectivity index (χ0v) is 20.2. The maximum atomic E-state index is 12.8. The number of carbonyl (C=O) groups is 2. The van der Waals surface area contributed by atoms with Gasteiger partial charge in [-0.1, -0.05) is 85.5 Å². The molecular formula is C26H48O4.